The third-order valence-corrected chi connectivity index (χ3v) is 3.24. The molecule has 3 nitrogen and oxygen atoms in total. The zero-order valence-corrected chi connectivity index (χ0v) is 11.5. The van der Waals surface area contributed by atoms with Crippen LogP contribution in [0.2, 0.25) is 5.02 Å². The van der Waals surface area contributed by atoms with E-state index in [9.17, 15) is 4.79 Å². The molecule has 0 fully saturated rings. The van der Waals surface area contributed by atoms with Crippen molar-refractivity contribution in [3.05, 3.63) is 27.7 Å². The first-order valence-electron chi connectivity index (χ1n) is 4.82. The van der Waals surface area contributed by atoms with E-state index in [1.54, 1.807) is 32.0 Å². The molecule has 0 atom stereocenters. The molecule has 0 radical (unpaired) electrons. The number of benzene rings is 1. The van der Waals surface area contributed by atoms with E-state index >= 15 is 0 Å². The van der Waals surface area contributed by atoms with Crippen LogP contribution in [0.25, 0.3) is 0 Å². The second kappa shape index (κ2) is 5.17. The second-order valence-electron chi connectivity index (χ2n) is 4.31. The molecule has 1 aromatic carbocycles. The van der Waals surface area contributed by atoms with Gasteiger partial charge in [-0.15, -0.1) is 0 Å². The highest BCUT2D eigenvalue weighted by Crippen LogP contribution is 2.30. The summed E-state index contributed by atoms with van der Waals surface area (Å²) in [6, 6.07) is 5.29. The Balaban J connectivity index is 2.74. The lowest BCUT2D eigenvalue weighted by molar-refractivity contribution is -0.117. The van der Waals surface area contributed by atoms with Crippen molar-refractivity contribution in [3.63, 3.8) is 0 Å². The zero-order chi connectivity index (χ0) is 12.3. The van der Waals surface area contributed by atoms with Crippen molar-refractivity contribution in [1.29, 1.82) is 0 Å². The van der Waals surface area contributed by atoms with E-state index in [2.05, 4.69) is 21.2 Å². The highest BCUT2D eigenvalue weighted by molar-refractivity contribution is 9.10. The summed E-state index contributed by atoms with van der Waals surface area (Å²) in [5, 5.41) is 3.32. The van der Waals surface area contributed by atoms with Crippen molar-refractivity contribution < 1.29 is 4.79 Å². The number of carbonyl (C=O) groups is 1. The minimum atomic E-state index is -0.519. The standard InChI is InChI=1S/C11H14BrClN2O/c1-11(2,14)6-9(16)15-8-5-3-4-7(13)10(8)12/h3-5H,6,14H2,1-2H3,(H,15,16). The van der Waals surface area contributed by atoms with Gasteiger partial charge in [-0.05, 0) is 41.9 Å². The van der Waals surface area contributed by atoms with Gasteiger partial charge in [0.25, 0.3) is 0 Å². The molecule has 0 unspecified atom stereocenters. The van der Waals surface area contributed by atoms with Crippen LogP contribution in [-0.4, -0.2) is 11.4 Å². The van der Waals surface area contributed by atoms with Gasteiger partial charge in [0.2, 0.25) is 5.91 Å². The Kier molecular flexibility index (Phi) is 4.35. The van der Waals surface area contributed by atoms with Gasteiger partial charge in [0.15, 0.2) is 0 Å². The predicted octanol–water partition coefficient (Wildman–Crippen LogP) is 3.17. The van der Waals surface area contributed by atoms with Crippen LogP contribution in [0.15, 0.2) is 22.7 Å². The van der Waals surface area contributed by atoms with E-state index in [-0.39, 0.29) is 12.3 Å². The quantitative estimate of drug-likeness (QED) is 0.901. The SMILES string of the molecule is CC(C)(N)CC(=O)Nc1cccc(Cl)c1Br. The molecule has 5 heteroatoms. The van der Waals surface area contributed by atoms with E-state index in [1.165, 1.54) is 0 Å². The minimum absolute atomic E-state index is 0.129. The van der Waals surface area contributed by atoms with Crippen LogP contribution in [0, 0.1) is 0 Å². The van der Waals surface area contributed by atoms with Gasteiger partial charge in [-0.25, -0.2) is 0 Å². The lowest BCUT2D eigenvalue weighted by atomic mass is 10.0. The molecule has 0 saturated heterocycles. The van der Waals surface area contributed by atoms with Crippen molar-refractivity contribution in [2.75, 3.05) is 5.32 Å². The third kappa shape index (κ3) is 4.12. The Morgan fingerprint density at radius 1 is 1.56 bits per heavy atom. The number of carbonyl (C=O) groups excluding carboxylic acids is 1. The summed E-state index contributed by atoms with van der Waals surface area (Å²) in [5.41, 5.74) is 5.90. The van der Waals surface area contributed by atoms with Gasteiger partial charge in [-0.1, -0.05) is 17.7 Å². The average molecular weight is 306 g/mol. The van der Waals surface area contributed by atoms with E-state index in [0.29, 0.717) is 15.2 Å². The molecule has 0 aromatic heterocycles. The molecule has 16 heavy (non-hydrogen) atoms. The Morgan fingerprint density at radius 2 is 2.19 bits per heavy atom. The largest absolute Gasteiger partial charge is 0.325 e. The molecule has 0 aliphatic heterocycles. The molecule has 3 N–H and O–H groups in total. The van der Waals surface area contributed by atoms with Crippen LogP contribution in [0.4, 0.5) is 5.69 Å². The van der Waals surface area contributed by atoms with E-state index < -0.39 is 5.54 Å². The molecule has 1 aromatic rings. The first kappa shape index (κ1) is 13.5. The van der Waals surface area contributed by atoms with Gasteiger partial charge >= 0.3 is 0 Å². The zero-order valence-electron chi connectivity index (χ0n) is 9.18. The van der Waals surface area contributed by atoms with E-state index in [1.807, 2.05) is 0 Å². The number of nitrogens with one attached hydrogen (secondary N) is 1. The molecule has 0 aliphatic rings. The molecule has 0 spiro atoms. The van der Waals surface area contributed by atoms with Crippen molar-refractivity contribution in [3.8, 4) is 0 Å². The summed E-state index contributed by atoms with van der Waals surface area (Å²) in [6.45, 7) is 3.61. The van der Waals surface area contributed by atoms with Crippen molar-refractivity contribution in [1.82, 2.24) is 0 Å². The molecule has 0 heterocycles. The summed E-state index contributed by atoms with van der Waals surface area (Å²) >= 11 is 9.22. The average Bonchev–Trinajstić information content (AvgIpc) is 2.09. The van der Waals surface area contributed by atoms with Gasteiger partial charge < -0.3 is 11.1 Å². The Labute approximate surface area is 108 Å². The molecule has 1 rings (SSSR count). The Morgan fingerprint density at radius 3 is 2.75 bits per heavy atom. The van der Waals surface area contributed by atoms with Gasteiger partial charge in [0.1, 0.15) is 0 Å². The topological polar surface area (TPSA) is 55.1 Å². The third-order valence-electron chi connectivity index (χ3n) is 1.84. The highest BCUT2D eigenvalue weighted by Gasteiger charge is 2.17. The summed E-state index contributed by atoms with van der Waals surface area (Å²) < 4.78 is 0.680. The number of nitrogens with two attached hydrogens (primary N) is 1. The first-order chi connectivity index (χ1) is 7.29. The van der Waals surface area contributed by atoms with Gasteiger partial charge in [-0.3, -0.25) is 4.79 Å². The summed E-state index contributed by atoms with van der Waals surface area (Å²) in [6.07, 6.45) is 0.256. The van der Waals surface area contributed by atoms with Crippen LogP contribution in [0.5, 0.6) is 0 Å². The Hall–Kier alpha value is -0.580. The molecule has 0 saturated carbocycles. The van der Waals surface area contributed by atoms with Gasteiger partial charge in [0, 0.05) is 12.0 Å². The normalized spacial score (nSPS) is 11.3. The van der Waals surface area contributed by atoms with E-state index in [0.717, 1.165) is 0 Å². The Bertz CT molecular complexity index is 401. The van der Waals surface area contributed by atoms with Crippen molar-refractivity contribution >= 4 is 39.1 Å². The number of rotatable bonds is 3. The maximum Gasteiger partial charge on any atom is 0.226 e. The van der Waals surface area contributed by atoms with Crippen LogP contribution in [0.3, 0.4) is 0 Å². The highest BCUT2D eigenvalue weighted by atomic mass is 79.9. The molecule has 0 bridgehead atoms. The molecule has 1 amide bonds. The molecular formula is C11H14BrClN2O. The van der Waals surface area contributed by atoms with Crippen molar-refractivity contribution in [2.45, 2.75) is 25.8 Å². The van der Waals surface area contributed by atoms with E-state index in [4.69, 9.17) is 17.3 Å². The maximum atomic E-state index is 11.6. The summed E-state index contributed by atoms with van der Waals surface area (Å²) in [5.74, 6) is -0.129. The lowest BCUT2D eigenvalue weighted by Crippen LogP contribution is -2.36. The fraction of sp³-hybridized carbons (Fsp3) is 0.364. The number of anilines is 1. The molecule has 0 aliphatic carbocycles. The fourth-order valence-electron chi connectivity index (χ4n) is 1.21. The molecular weight excluding hydrogens is 291 g/mol. The lowest BCUT2D eigenvalue weighted by Gasteiger charge is -2.18. The van der Waals surface area contributed by atoms with Crippen molar-refractivity contribution in [2.24, 2.45) is 5.73 Å². The van der Waals surface area contributed by atoms with Crippen LogP contribution < -0.4 is 11.1 Å². The van der Waals surface area contributed by atoms with Gasteiger partial charge in [0.05, 0.1) is 15.2 Å². The predicted molar refractivity (Wildman–Crippen MR) is 70.7 cm³/mol. The van der Waals surface area contributed by atoms with Crippen LogP contribution in [-0.2, 0) is 4.79 Å². The first-order valence-corrected chi connectivity index (χ1v) is 5.99. The smallest absolute Gasteiger partial charge is 0.226 e. The summed E-state index contributed by atoms with van der Waals surface area (Å²) in [4.78, 5) is 11.6. The number of hydrogen-bond acceptors (Lipinski definition) is 2. The maximum absolute atomic E-state index is 11.6. The van der Waals surface area contributed by atoms with Gasteiger partial charge in [-0.2, -0.15) is 0 Å². The molecule has 88 valence electrons. The minimum Gasteiger partial charge on any atom is -0.325 e. The number of hydrogen-bond donors (Lipinski definition) is 2. The monoisotopic (exact) mass is 304 g/mol. The summed E-state index contributed by atoms with van der Waals surface area (Å²) in [7, 11) is 0. The number of amides is 1. The van der Waals surface area contributed by atoms with Crippen LogP contribution >= 0.6 is 27.5 Å². The number of halogens is 2. The second-order valence-corrected chi connectivity index (χ2v) is 5.52. The fourth-order valence-corrected chi connectivity index (χ4v) is 1.75. The van der Waals surface area contributed by atoms with Crippen LogP contribution in [0.1, 0.15) is 20.3 Å².